The van der Waals surface area contributed by atoms with E-state index in [1.165, 1.54) is 54.9 Å². The zero-order chi connectivity index (χ0) is 27.6. The van der Waals surface area contributed by atoms with E-state index in [9.17, 15) is 9.90 Å². The van der Waals surface area contributed by atoms with Crippen LogP contribution in [0.2, 0.25) is 0 Å². The molecule has 4 aromatic rings. The Labute approximate surface area is 234 Å². The smallest absolute Gasteiger partial charge is 0.342 e. The van der Waals surface area contributed by atoms with Gasteiger partial charge in [-0.15, -0.1) is 0 Å². The molecule has 3 heterocycles. The van der Waals surface area contributed by atoms with Crippen molar-refractivity contribution in [3.8, 4) is 28.7 Å². The molecule has 0 bridgehead atoms. The van der Waals surface area contributed by atoms with Crippen molar-refractivity contribution in [2.75, 3.05) is 20.2 Å². The number of nitrogens with zero attached hydrogens (tertiary/aromatic N) is 4. The lowest BCUT2D eigenvalue weighted by atomic mass is 9.84. The number of hydrogen-bond acceptors (Lipinski definition) is 6. The second-order valence-electron chi connectivity index (χ2n) is 10.8. The number of para-hydroxylation sites is 1. The maximum atomic E-state index is 11.6. The van der Waals surface area contributed by atoms with Crippen LogP contribution in [-0.4, -0.2) is 50.9 Å². The van der Waals surface area contributed by atoms with Crippen molar-refractivity contribution in [3.63, 3.8) is 0 Å². The number of pyridine rings is 1. The first-order valence-electron chi connectivity index (χ1n) is 13.9. The molecule has 0 unspecified atom stereocenters. The number of ether oxygens (including phenoxy) is 2. The lowest BCUT2D eigenvalue weighted by Crippen LogP contribution is -2.36. The Balaban J connectivity index is 1.21. The fourth-order valence-electron chi connectivity index (χ4n) is 5.69. The van der Waals surface area contributed by atoms with Crippen LogP contribution in [0.4, 0.5) is 0 Å². The number of aromatic carboxylic acids is 1. The Morgan fingerprint density at radius 3 is 2.73 bits per heavy atom. The molecule has 206 valence electrons. The summed E-state index contributed by atoms with van der Waals surface area (Å²) in [7, 11) is 1.42. The van der Waals surface area contributed by atoms with Crippen LogP contribution in [0.1, 0.15) is 51.9 Å². The molecule has 1 aliphatic heterocycles. The minimum atomic E-state index is -1.11. The maximum absolute atomic E-state index is 11.6. The zero-order valence-electron chi connectivity index (χ0n) is 23.0. The normalized spacial score (nSPS) is 15.3. The summed E-state index contributed by atoms with van der Waals surface area (Å²) in [5, 5.41) is 13.7. The molecule has 2 aromatic carbocycles. The van der Waals surface area contributed by atoms with Gasteiger partial charge in [0.15, 0.2) is 5.82 Å². The van der Waals surface area contributed by atoms with Crippen LogP contribution >= 0.6 is 0 Å². The lowest BCUT2D eigenvalue weighted by Gasteiger charge is -2.35. The summed E-state index contributed by atoms with van der Waals surface area (Å²) in [5.74, 6) is 1.14. The fraction of sp³-hybridized carbons (Fsp3) is 0.344. The molecule has 1 N–H and O–H groups in total. The van der Waals surface area contributed by atoms with Crippen LogP contribution in [0.3, 0.4) is 0 Å². The third kappa shape index (κ3) is 5.19. The van der Waals surface area contributed by atoms with Crippen LogP contribution in [0.15, 0.2) is 60.8 Å². The van der Waals surface area contributed by atoms with E-state index in [4.69, 9.17) is 14.5 Å². The van der Waals surface area contributed by atoms with Crippen molar-refractivity contribution < 1.29 is 19.4 Å². The molecule has 2 aromatic heterocycles. The topological polar surface area (TPSA) is 89.7 Å². The Kier molecular flexibility index (Phi) is 7.26. The van der Waals surface area contributed by atoms with Crippen LogP contribution in [0.5, 0.6) is 11.6 Å². The summed E-state index contributed by atoms with van der Waals surface area (Å²) >= 11 is 0. The molecule has 0 saturated heterocycles. The molecule has 40 heavy (non-hydrogen) atoms. The molecule has 0 radical (unpaired) electrons. The first kappa shape index (κ1) is 26.1. The molecular weight excluding hydrogens is 504 g/mol. The highest BCUT2D eigenvalue weighted by Crippen LogP contribution is 2.34. The fourth-order valence-corrected chi connectivity index (χ4v) is 5.69. The number of benzene rings is 2. The van der Waals surface area contributed by atoms with Gasteiger partial charge in [-0.1, -0.05) is 42.8 Å². The Hall–Kier alpha value is -4.17. The van der Waals surface area contributed by atoms with E-state index >= 15 is 0 Å². The van der Waals surface area contributed by atoms with Crippen molar-refractivity contribution in [1.82, 2.24) is 19.7 Å². The monoisotopic (exact) mass is 538 g/mol. The number of carboxylic acid groups (broad SMARTS) is 1. The van der Waals surface area contributed by atoms with E-state index < -0.39 is 5.97 Å². The maximum Gasteiger partial charge on any atom is 0.342 e. The van der Waals surface area contributed by atoms with E-state index in [1.54, 1.807) is 6.07 Å². The van der Waals surface area contributed by atoms with E-state index in [-0.39, 0.29) is 11.4 Å². The molecule has 2 aliphatic rings. The van der Waals surface area contributed by atoms with Gasteiger partial charge in [0.05, 0.1) is 19.0 Å². The van der Waals surface area contributed by atoms with Crippen molar-refractivity contribution in [1.29, 1.82) is 0 Å². The quantitative estimate of drug-likeness (QED) is 0.293. The number of methoxy groups -OCH3 is 1. The predicted molar refractivity (Wildman–Crippen MR) is 152 cm³/mol. The Morgan fingerprint density at radius 1 is 1.10 bits per heavy atom. The molecule has 6 rings (SSSR count). The first-order chi connectivity index (χ1) is 19.5. The number of fused-ring (bicyclic) bond motifs is 1. The highest BCUT2D eigenvalue weighted by atomic mass is 16.5. The lowest BCUT2D eigenvalue weighted by molar-refractivity contribution is 0.0693. The van der Waals surface area contributed by atoms with E-state index in [0.29, 0.717) is 18.1 Å². The largest absolute Gasteiger partial charge is 0.488 e. The van der Waals surface area contributed by atoms with Gasteiger partial charge >= 0.3 is 5.97 Å². The van der Waals surface area contributed by atoms with E-state index in [0.717, 1.165) is 47.9 Å². The standard InChI is InChI=1S/C32H34N4O4/c1-21-6-3-9-26(28-10-5-11-29(34-28)36-31(39-2)27(17-33-36)32(37)38)30(21)40-20-23-12-13-25-19-35(15-14-24(25)16-23)18-22-7-4-8-22/h3,5-6,9-13,16-17,22H,4,7-8,14-15,18-20H2,1-2H3,(H,37,38). The second-order valence-corrected chi connectivity index (χ2v) is 10.8. The van der Waals surface area contributed by atoms with Gasteiger partial charge in [0.25, 0.3) is 0 Å². The third-order valence-electron chi connectivity index (χ3n) is 8.07. The van der Waals surface area contributed by atoms with Gasteiger partial charge in [-0.2, -0.15) is 9.78 Å². The molecule has 1 fully saturated rings. The number of carboxylic acids is 1. The molecule has 0 spiro atoms. The average Bonchev–Trinajstić information content (AvgIpc) is 3.39. The van der Waals surface area contributed by atoms with Crippen LogP contribution in [0.25, 0.3) is 17.1 Å². The van der Waals surface area contributed by atoms with Gasteiger partial charge in [0.1, 0.15) is 17.9 Å². The summed E-state index contributed by atoms with van der Waals surface area (Å²) in [5.41, 5.74) is 6.57. The molecule has 0 atom stereocenters. The molecule has 0 amide bonds. The van der Waals surface area contributed by atoms with Crippen LogP contribution in [0, 0.1) is 12.8 Å². The SMILES string of the molecule is COc1c(C(=O)O)cnn1-c1cccc(-c2cccc(C)c2OCc2ccc3c(c2)CCN(CC2CCC2)C3)n1. The molecule has 1 aliphatic carbocycles. The average molecular weight is 539 g/mol. The molecule has 8 nitrogen and oxygen atoms in total. The minimum Gasteiger partial charge on any atom is -0.488 e. The number of hydrogen-bond donors (Lipinski definition) is 1. The second kappa shape index (κ2) is 11.1. The number of rotatable bonds is 9. The summed E-state index contributed by atoms with van der Waals surface area (Å²) in [6, 6.07) is 18.3. The van der Waals surface area contributed by atoms with Gasteiger partial charge in [-0.05, 0) is 72.6 Å². The number of aryl methyl sites for hydroxylation is 1. The van der Waals surface area contributed by atoms with Gasteiger partial charge in [-0.3, -0.25) is 4.90 Å². The summed E-state index contributed by atoms with van der Waals surface area (Å²) < 4.78 is 13.2. The van der Waals surface area contributed by atoms with Gasteiger partial charge < -0.3 is 14.6 Å². The first-order valence-corrected chi connectivity index (χ1v) is 13.9. The molecule has 1 saturated carbocycles. The van der Waals surface area contributed by atoms with Crippen molar-refractivity contribution in [2.24, 2.45) is 5.92 Å². The van der Waals surface area contributed by atoms with Crippen molar-refractivity contribution >= 4 is 5.97 Å². The minimum absolute atomic E-state index is 0.0228. The summed E-state index contributed by atoms with van der Waals surface area (Å²) in [6.07, 6.45) is 6.53. The highest BCUT2D eigenvalue weighted by molar-refractivity contribution is 5.90. The van der Waals surface area contributed by atoms with Crippen molar-refractivity contribution in [2.45, 2.75) is 45.8 Å². The number of aromatic nitrogens is 3. The molecule has 8 heteroatoms. The third-order valence-corrected chi connectivity index (χ3v) is 8.07. The van der Waals surface area contributed by atoms with Crippen molar-refractivity contribution in [3.05, 3.63) is 88.6 Å². The van der Waals surface area contributed by atoms with Crippen LogP contribution in [-0.2, 0) is 19.6 Å². The van der Waals surface area contributed by atoms with Gasteiger partial charge in [-0.25, -0.2) is 9.78 Å². The summed E-state index contributed by atoms with van der Waals surface area (Å²) in [4.78, 5) is 19.0. The Morgan fingerprint density at radius 2 is 1.95 bits per heavy atom. The molecular formula is C32H34N4O4. The van der Waals surface area contributed by atoms with Gasteiger partial charge in [0, 0.05) is 25.2 Å². The van der Waals surface area contributed by atoms with E-state index in [1.807, 2.05) is 37.3 Å². The number of carbonyl (C=O) groups is 1. The predicted octanol–water partition coefficient (Wildman–Crippen LogP) is 5.69. The summed E-state index contributed by atoms with van der Waals surface area (Å²) in [6.45, 7) is 5.91. The Bertz CT molecular complexity index is 1540. The van der Waals surface area contributed by atoms with E-state index in [2.05, 4.69) is 28.2 Å². The highest BCUT2D eigenvalue weighted by Gasteiger charge is 2.24. The van der Waals surface area contributed by atoms with Crippen LogP contribution < -0.4 is 9.47 Å². The zero-order valence-corrected chi connectivity index (χ0v) is 23.0. The van der Waals surface area contributed by atoms with Gasteiger partial charge in [0.2, 0.25) is 5.88 Å².